The van der Waals surface area contributed by atoms with Crippen LogP contribution in [0.5, 0.6) is 0 Å². The zero-order valence-corrected chi connectivity index (χ0v) is 17.9. The van der Waals surface area contributed by atoms with Crippen LogP contribution >= 0.6 is 11.3 Å². The van der Waals surface area contributed by atoms with Crippen molar-refractivity contribution in [2.24, 2.45) is 0 Å². The van der Waals surface area contributed by atoms with Gasteiger partial charge in [-0.3, -0.25) is 4.90 Å². The van der Waals surface area contributed by atoms with Crippen LogP contribution in [0.4, 0.5) is 0 Å². The van der Waals surface area contributed by atoms with Crippen molar-refractivity contribution in [3.05, 3.63) is 52.2 Å². The van der Waals surface area contributed by atoms with E-state index in [4.69, 9.17) is 0 Å². The Hall–Kier alpha value is -1.25. The Morgan fingerprint density at radius 2 is 1.78 bits per heavy atom. The maximum atomic E-state index is 12.9. The molecule has 1 saturated heterocycles. The number of rotatable bonds is 7. The quantitative estimate of drug-likeness (QED) is 0.766. The van der Waals surface area contributed by atoms with Gasteiger partial charge in [-0.1, -0.05) is 30.7 Å². The van der Waals surface area contributed by atoms with Crippen LogP contribution < -0.4 is 4.72 Å². The van der Waals surface area contributed by atoms with E-state index in [0.717, 1.165) is 38.3 Å². The Balaban J connectivity index is 1.79. The number of hydrogen-bond donors (Lipinski definition) is 1. The highest BCUT2D eigenvalue weighted by molar-refractivity contribution is 7.89. The highest BCUT2D eigenvalue weighted by atomic mass is 32.2. The van der Waals surface area contributed by atoms with Crippen LogP contribution in [-0.4, -0.2) is 57.0 Å². The fraction of sp³-hybridized carbons (Fsp3) is 0.500. The first kappa shape index (κ1) is 20.5. The largest absolute Gasteiger partial charge is 0.301 e. The summed E-state index contributed by atoms with van der Waals surface area (Å²) in [7, 11) is -3.55. The summed E-state index contributed by atoms with van der Waals surface area (Å²) in [6, 6.07) is 11.0. The molecule has 1 N–H and O–H groups in total. The number of sulfonamides is 1. The highest BCUT2D eigenvalue weighted by Crippen LogP contribution is 2.30. The summed E-state index contributed by atoms with van der Waals surface area (Å²) < 4.78 is 28.7. The van der Waals surface area contributed by atoms with E-state index in [1.54, 1.807) is 23.5 Å². The van der Waals surface area contributed by atoms with E-state index < -0.39 is 10.0 Å². The van der Waals surface area contributed by atoms with Crippen molar-refractivity contribution in [1.82, 2.24) is 14.5 Å². The predicted octanol–water partition coefficient (Wildman–Crippen LogP) is 3.10. The van der Waals surface area contributed by atoms with Crippen molar-refractivity contribution in [3.63, 3.8) is 0 Å². The maximum Gasteiger partial charge on any atom is 0.240 e. The Bertz CT molecular complexity index is 811. The Morgan fingerprint density at radius 1 is 1.11 bits per heavy atom. The molecule has 7 heteroatoms. The first-order chi connectivity index (χ1) is 12.9. The molecule has 3 rings (SSSR count). The molecule has 1 fully saturated rings. The number of nitrogens with one attached hydrogen (secondary N) is 1. The molecule has 148 valence electrons. The van der Waals surface area contributed by atoms with Crippen LogP contribution in [-0.2, 0) is 10.0 Å². The lowest BCUT2D eigenvalue weighted by molar-refractivity contribution is 0.0888. The lowest BCUT2D eigenvalue weighted by atomic mass is 10.1. The van der Waals surface area contributed by atoms with Crippen molar-refractivity contribution >= 4 is 21.4 Å². The zero-order chi connectivity index (χ0) is 19.4. The standard InChI is InChI=1S/C20H29N3O2S2/c1-4-22-11-13-23(14-12-22)20(19-6-5-15-26-19)17(3)21-27(24,25)18-9-7-16(2)8-10-18/h5-10,15,17,20-21H,4,11-14H2,1-3H3/t17-,20-/m0/s1. The number of benzene rings is 1. The van der Waals surface area contributed by atoms with Gasteiger partial charge in [-0.15, -0.1) is 11.3 Å². The second kappa shape index (κ2) is 8.84. The van der Waals surface area contributed by atoms with E-state index in [1.807, 2.05) is 32.0 Å². The topological polar surface area (TPSA) is 52.6 Å². The van der Waals surface area contributed by atoms with Crippen LogP contribution in [0.25, 0.3) is 0 Å². The highest BCUT2D eigenvalue weighted by Gasteiger charge is 2.32. The van der Waals surface area contributed by atoms with E-state index in [0.29, 0.717) is 4.90 Å². The monoisotopic (exact) mass is 407 g/mol. The molecular formula is C20H29N3O2S2. The average Bonchev–Trinajstić information content (AvgIpc) is 3.16. The molecule has 0 unspecified atom stereocenters. The molecule has 0 saturated carbocycles. The third-order valence-corrected chi connectivity index (χ3v) is 7.75. The van der Waals surface area contributed by atoms with Crippen molar-refractivity contribution < 1.29 is 8.42 Å². The van der Waals surface area contributed by atoms with Gasteiger partial charge in [0.05, 0.1) is 10.9 Å². The number of piperazine rings is 1. The molecule has 0 radical (unpaired) electrons. The fourth-order valence-electron chi connectivity index (χ4n) is 3.65. The Kier molecular flexibility index (Phi) is 6.70. The SMILES string of the molecule is CCN1CCN([C@H](c2cccs2)[C@H](C)NS(=O)(=O)c2ccc(C)cc2)CC1. The molecule has 1 aromatic carbocycles. The lowest BCUT2D eigenvalue weighted by Crippen LogP contribution is -2.52. The molecule has 0 aliphatic carbocycles. The number of aryl methyl sites for hydroxylation is 1. The fourth-order valence-corrected chi connectivity index (χ4v) is 5.87. The predicted molar refractivity (Wildman–Crippen MR) is 112 cm³/mol. The zero-order valence-electron chi connectivity index (χ0n) is 16.3. The van der Waals surface area contributed by atoms with Gasteiger partial charge in [0.2, 0.25) is 10.0 Å². The van der Waals surface area contributed by atoms with Crippen LogP contribution in [0, 0.1) is 6.92 Å². The molecule has 2 aromatic rings. The Morgan fingerprint density at radius 3 is 2.33 bits per heavy atom. The summed E-state index contributed by atoms with van der Waals surface area (Å²) in [5, 5.41) is 2.06. The molecule has 2 atom stereocenters. The van der Waals surface area contributed by atoms with Gasteiger partial charge in [0.1, 0.15) is 0 Å². The third-order valence-electron chi connectivity index (χ3n) is 5.23. The summed E-state index contributed by atoms with van der Waals surface area (Å²) in [6.45, 7) is 11.1. The van der Waals surface area contributed by atoms with E-state index in [-0.39, 0.29) is 12.1 Å². The molecule has 2 heterocycles. The van der Waals surface area contributed by atoms with Gasteiger partial charge in [-0.25, -0.2) is 13.1 Å². The summed E-state index contributed by atoms with van der Waals surface area (Å²) in [5.74, 6) is 0. The summed E-state index contributed by atoms with van der Waals surface area (Å²) in [5.41, 5.74) is 1.05. The first-order valence-corrected chi connectivity index (χ1v) is 11.9. The summed E-state index contributed by atoms with van der Waals surface area (Å²) in [4.78, 5) is 6.38. The second-order valence-electron chi connectivity index (χ2n) is 7.15. The first-order valence-electron chi connectivity index (χ1n) is 9.49. The third kappa shape index (κ3) is 4.97. The van der Waals surface area contributed by atoms with E-state index >= 15 is 0 Å². The van der Waals surface area contributed by atoms with Gasteiger partial charge in [-0.05, 0) is 44.0 Å². The molecule has 0 spiro atoms. The minimum absolute atomic E-state index is 0.0456. The van der Waals surface area contributed by atoms with Crippen LogP contribution in [0.15, 0.2) is 46.7 Å². The molecule has 0 amide bonds. The van der Waals surface area contributed by atoms with Crippen LogP contribution in [0.2, 0.25) is 0 Å². The molecule has 1 aromatic heterocycles. The van der Waals surface area contributed by atoms with Gasteiger partial charge >= 0.3 is 0 Å². The molecule has 27 heavy (non-hydrogen) atoms. The van der Waals surface area contributed by atoms with Crippen molar-refractivity contribution in [2.45, 2.75) is 37.8 Å². The average molecular weight is 408 g/mol. The van der Waals surface area contributed by atoms with Gasteiger partial charge in [0.25, 0.3) is 0 Å². The minimum Gasteiger partial charge on any atom is -0.301 e. The van der Waals surface area contributed by atoms with Gasteiger partial charge in [0, 0.05) is 37.1 Å². The van der Waals surface area contributed by atoms with Crippen molar-refractivity contribution in [3.8, 4) is 0 Å². The van der Waals surface area contributed by atoms with Crippen molar-refractivity contribution in [1.29, 1.82) is 0 Å². The maximum absolute atomic E-state index is 12.9. The number of likely N-dealkylation sites (N-methyl/N-ethyl adjacent to an activating group) is 1. The van der Waals surface area contributed by atoms with E-state index in [9.17, 15) is 8.42 Å². The van der Waals surface area contributed by atoms with E-state index in [2.05, 4.69) is 32.9 Å². The normalized spacial score (nSPS) is 19.1. The smallest absolute Gasteiger partial charge is 0.240 e. The second-order valence-corrected chi connectivity index (χ2v) is 9.85. The lowest BCUT2D eigenvalue weighted by Gasteiger charge is -2.41. The van der Waals surface area contributed by atoms with Crippen molar-refractivity contribution in [2.75, 3.05) is 32.7 Å². The molecule has 1 aliphatic heterocycles. The minimum atomic E-state index is -3.55. The Labute approximate surface area is 167 Å². The summed E-state index contributed by atoms with van der Waals surface area (Å²) in [6.07, 6.45) is 0. The van der Waals surface area contributed by atoms with Gasteiger partial charge in [-0.2, -0.15) is 0 Å². The van der Waals surface area contributed by atoms with Crippen LogP contribution in [0.3, 0.4) is 0 Å². The number of nitrogens with zero attached hydrogens (tertiary/aromatic N) is 2. The van der Waals surface area contributed by atoms with Gasteiger partial charge < -0.3 is 4.90 Å². The number of thiophene rings is 1. The van der Waals surface area contributed by atoms with Crippen LogP contribution in [0.1, 0.15) is 30.3 Å². The summed E-state index contributed by atoms with van der Waals surface area (Å²) >= 11 is 1.69. The van der Waals surface area contributed by atoms with Gasteiger partial charge in [0.15, 0.2) is 0 Å². The molecular weight excluding hydrogens is 378 g/mol. The van der Waals surface area contributed by atoms with E-state index in [1.165, 1.54) is 4.88 Å². The molecule has 5 nitrogen and oxygen atoms in total. The molecule has 1 aliphatic rings. The number of hydrogen-bond acceptors (Lipinski definition) is 5. The molecule has 0 bridgehead atoms.